The molecule has 11 nitrogen and oxygen atoms in total. The maximum atomic E-state index is 13.3. The molecule has 1 amide bonds. The highest BCUT2D eigenvalue weighted by molar-refractivity contribution is 7.84. The number of hydrogen-bond donors (Lipinski definition) is 1. The van der Waals surface area contributed by atoms with E-state index in [1.807, 2.05) is 17.6 Å². The quantitative estimate of drug-likeness (QED) is 0.161. The van der Waals surface area contributed by atoms with Gasteiger partial charge in [0.25, 0.3) is 5.69 Å². The van der Waals surface area contributed by atoms with Gasteiger partial charge in [-0.15, -0.1) is 0 Å². The average Bonchev–Trinajstić information content (AvgIpc) is 3.45. The van der Waals surface area contributed by atoms with E-state index < -0.39 is 33.7 Å². The third kappa shape index (κ3) is 3.83. The molecule has 4 heterocycles. The number of nitrogens with zero attached hydrogens (tertiary/aromatic N) is 4. The van der Waals surface area contributed by atoms with Gasteiger partial charge >= 0.3 is 5.97 Å². The van der Waals surface area contributed by atoms with Gasteiger partial charge in [-0.3, -0.25) is 19.1 Å². The van der Waals surface area contributed by atoms with E-state index >= 15 is 0 Å². The molecule has 13 heteroatoms. The van der Waals surface area contributed by atoms with Crippen molar-refractivity contribution in [1.29, 1.82) is 0 Å². The number of nitro benzene ring substituents is 1. The van der Waals surface area contributed by atoms with Crippen molar-refractivity contribution in [2.75, 3.05) is 6.26 Å². The number of benzene rings is 1. The molecule has 1 unspecified atom stereocenters. The number of ether oxygens (including phenoxy) is 1. The van der Waals surface area contributed by atoms with Crippen molar-refractivity contribution in [2.24, 2.45) is 13.0 Å². The topological polar surface area (TPSA) is 136 Å². The van der Waals surface area contributed by atoms with Crippen molar-refractivity contribution in [1.82, 2.24) is 9.47 Å². The summed E-state index contributed by atoms with van der Waals surface area (Å²) in [5.74, 6) is -1.63. The molecule has 0 spiro atoms. The number of fused-ring (bicyclic) bond motifs is 2. The average molecular weight is 532 g/mol. The number of esters is 1. The lowest BCUT2D eigenvalue weighted by Gasteiger charge is -2.44. The molecule has 5 rings (SSSR count). The second kappa shape index (κ2) is 8.91. The van der Waals surface area contributed by atoms with Gasteiger partial charge in [-0.2, -0.15) is 4.40 Å². The van der Waals surface area contributed by atoms with Gasteiger partial charge in [0.05, 0.1) is 45.7 Å². The summed E-state index contributed by atoms with van der Waals surface area (Å²) in [6, 6.07) is 5.31. The molecule has 0 saturated carbocycles. The molecule has 0 bridgehead atoms. The summed E-state index contributed by atoms with van der Waals surface area (Å²) in [5, 5.41) is 21.6. The molecule has 2 aromatic heterocycles. The summed E-state index contributed by atoms with van der Waals surface area (Å²) in [6.45, 7) is 1.43. The SMILES string of the molecule is C[C@@H](O)[C@H]1C(=O)N2C(C(=O)OCc3ccc([N+](=O)[O-])cc3)=C(c3c[n+]4cn(C)c(S(C)=O)c4s3)C[C@H]12. The first-order valence-electron chi connectivity index (χ1n) is 11.1. The largest absolute Gasteiger partial charge is 0.456 e. The molecule has 1 saturated heterocycles. The Balaban J connectivity index is 1.49. The highest BCUT2D eigenvalue weighted by atomic mass is 32.2. The zero-order valence-electron chi connectivity index (χ0n) is 19.6. The Bertz CT molecular complexity index is 1470. The number of imidazole rings is 1. The summed E-state index contributed by atoms with van der Waals surface area (Å²) in [5.41, 5.74) is 1.26. The van der Waals surface area contributed by atoms with E-state index in [4.69, 9.17) is 4.74 Å². The molecule has 4 atom stereocenters. The molecule has 1 N–H and O–H groups in total. The number of β-lactam (4-membered cyclic amide) rings is 1. The molecule has 1 fully saturated rings. The minimum Gasteiger partial charge on any atom is -0.456 e. The van der Waals surface area contributed by atoms with Gasteiger partial charge in [0.1, 0.15) is 18.5 Å². The van der Waals surface area contributed by atoms with Crippen LogP contribution < -0.4 is 4.40 Å². The Morgan fingerprint density at radius 1 is 1.39 bits per heavy atom. The molecule has 1 aromatic carbocycles. The number of nitro groups is 1. The van der Waals surface area contributed by atoms with Gasteiger partial charge < -0.3 is 14.7 Å². The van der Waals surface area contributed by atoms with Crippen molar-refractivity contribution in [3.63, 3.8) is 0 Å². The number of non-ortho nitro benzene ring substituents is 1. The number of aryl methyl sites for hydroxylation is 1. The molecule has 3 aromatic rings. The third-order valence-corrected chi connectivity index (χ3v) is 8.83. The standard InChI is InChI=1S/C23H23N4O7S2/c1-12(28)18-16-8-15(17-9-25-11-24(2)22(36(3)33)21(25)35-17)19(26(16)20(18)29)23(30)34-10-13-4-6-14(7-5-13)27(31)32/h4-7,9,11-12,16,18,28H,8,10H2,1-3H3/q+1/t12-,16-,18-,36?/m1/s1. The minimum atomic E-state index is -1.23. The van der Waals surface area contributed by atoms with Crippen molar-refractivity contribution < 1.29 is 33.0 Å². The van der Waals surface area contributed by atoms with Crippen molar-refractivity contribution in [2.45, 2.75) is 37.1 Å². The summed E-state index contributed by atoms with van der Waals surface area (Å²) in [6.07, 6.45) is 4.75. The van der Waals surface area contributed by atoms with E-state index in [1.165, 1.54) is 40.5 Å². The number of aliphatic hydroxyl groups excluding tert-OH is 1. The van der Waals surface area contributed by atoms with Crippen LogP contribution >= 0.6 is 11.3 Å². The molecule has 2 aliphatic heterocycles. The van der Waals surface area contributed by atoms with Crippen LogP contribution in [-0.4, -0.2) is 54.0 Å². The second-order valence-corrected chi connectivity index (χ2v) is 11.2. The zero-order valence-corrected chi connectivity index (χ0v) is 21.2. The maximum absolute atomic E-state index is 13.3. The van der Waals surface area contributed by atoms with E-state index in [0.29, 0.717) is 22.6 Å². The zero-order chi connectivity index (χ0) is 25.9. The lowest BCUT2D eigenvalue weighted by atomic mass is 9.83. The fourth-order valence-corrected chi connectivity index (χ4v) is 7.27. The first kappa shape index (κ1) is 24.3. The first-order chi connectivity index (χ1) is 17.1. The third-order valence-electron chi connectivity index (χ3n) is 6.51. The molecular formula is C23H23N4O7S2+. The molecule has 36 heavy (non-hydrogen) atoms. The number of aliphatic hydroxyl groups is 1. The molecule has 2 aliphatic rings. The van der Waals surface area contributed by atoms with Gasteiger partial charge in [0.2, 0.25) is 22.1 Å². The Hall–Kier alpha value is -3.42. The lowest BCUT2D eigenvalue weighted by molar-refractivity contribution is -0.508. The van der Waals surface area contributed by atoms with Crippen molar-refractivity contribution >= 4 is 50.1 Å². The van der Waals surface area contributed by atoms with Crippen LogP contribution in [0.5, 0.6) is 0 Å². The van der Waals surface area contributed by atoms with Crippen LogP contribution in [0.15, 0.2) is 47.5 Å². The van der Waals surface area contributed by atoms with E-state index in [-0.39, 0.29) is 29.9 Å². The fraction of sp³-hybridized carbons (Fsp3) is 0.348. The summed E-state index contributed by atoms with van der Waals surface area (Å²) < 4.78 is 21.4. The van der Waals surface area contributed by atoms with Crippen molar-refractivity contribution in [3.8, 4) is 0 Å². The number of thiazole rings is 1. The molecule has 0 aliphatic carbocycles. The smallest absolute Gasteiger partial charge is 0.355 e. The Morgan fingerprint density at radius 3 is 2.69 bits per heavy atom. The van der Waals surface area contributed by atoms with Crippen molar-refractivity contribution in [3.05, 3.63) is 63.0 Å². The predicted molar refractivity (Wildman–Crippen MR) is 129 cm³/mol. The Morgan fingerprint density at radius 2 is 2.08 bits per heavy atom. The normalized spacial score (nSPS) is 20.9. The van der Waals surface area contributed by atoms with Gasteiger partial charge in [-0.05, 0) is 31.0 Å². The van der Waals surface area contributed by atoms with E-state index in [1.54, 1.807) is 24.1 Å². The number of rotatable bonds is 7. The van der Waals surface area contributed by atoms with E-state index in [9.17, 15) is 29.0 Å². The van der Waals surface area contributed by atoms with Gasteiger partial charge in [-0.25, -0.2) is 9.36 Å². The van der Waals surface area contributed by atoms with Gasteiger partial charge in [-0.1, -0.05) is 11.3 Å². The summed E-state index contributed by atoms with van der Waals surface area (Å²) >= 11 is 1.37. The monoisotopic (exact) mass is 531 g/mol. The van der Waals surface area contributed by atoms with E-state index in [0.717, 1.165) is 9.71 Å². The van der Waals surface area contributed by atoms with E-state index in [2.05, 4.69) is 0 Å². The van der Waals surface area contributed by atoms with Crippen LogP contribution in [-0.2, 0) is 38.8 Å². The van der Waals surface area contributed by atoms with Gasteiger partial charge in [0, 0.05) is 24.0 Å². The number of carbonyl (C=O) groups excluding carboxylic acids is 2. The molecule has 188 valence electrons. The molecular weight excluding hydrogens is 508 g/mol. The van der Waals surface area contributed by atoms with Crippen LogP contribution in [0.2, 0.25) is 0 Å². The fourth-order valence-electron chi connectivity index (χ4n) is 4.87. The summed E-state index contributed by atoms with van der Waals surface area (Å²) in [4.78, 5) is 39.4. The first-order valence-corrected chi connectivity index (χ1v) is 13.4. The molecule has 0 radical (unpaired) electrons. The number of amides is 1. The van der Waals surface area contributed by atoms with Crippen LogP contribution in [0.4, 0.5) is 5.69 Å². The number of carbonyl (C=O) groups is 2. The van der Waals surface area contributed by atoms with Gasteiger partial charge in [0.15, 0.2) is 0 Å². The number of hydrogen-bond acceptors (Lipinski definition) is 8. The minimum absolute atomic E-state index is 0.0704. The number of aromatic nitrogens is 2. The lowest BCUT2D eigenvalue weighted by Crippen LogP contribution is -2.61. The maximum Gasteiger partial charge on any atom is 0.355 e. The van der Waals surface area contributed by atoms with Crippen LogP contribution in [0.1, 0.15) is 23.8 Å². The highest BCUT2D eigenvalue weighted by Gasteiger charge is 2.57. The summed E-state index contributed by atoms with van der Waals surface area (Å²) in [7, 11) is 0.576. The van der Waals surface area contributed by atoms with Crippen LogP contribution in [0, 0.1) is 16.0 Å². The second-order valence-electron chi connectivity index (χ2n) is 8.87. The Labute approximate surface area is 211 Å². The van der Waals surface area contributed by atoms with Crippen LogP contribution in [0.3, 0.4) is 0 Å². The highest BCUT2D eigenvalue weighted by Crippen LogP contribution is 2.48. The van der Waals surface area contributed by atoms with Crippen LogP contribution in [0.25, 0.3) is 10.4 Å². The Kier molecular flexibility index (Phi) is 6.01. The predicted octanol–water partition coefficient (Wildman–Crippen LogP) is 1.54.